The molecule has 1 radical (unpaired) electrons. The lowest BCUT2D eigenvalue weighted by atomic mass is 9.82. The van der Waals surface area contributed by atoms with Crippen molar-refractivity contribution in [1.82, 2.24) is 0 Å². The van der Waals surface area contributed by atoms with Crippen molar-refractivity contribution in [3.05, 3.63) is 11.5 Å². The third-order valence-electron chi connectivity index (χ3n) is 3.05. The monoisotopic (exact) mass is 195 g/mol. The van der Waals surface area contributed by atoms with Gasteiger partial charge in [0.25, 0.3) is 0 Å². The van der Waals surface area contributed by atoms with Crippen molar-refractivity contribution in [2.45, 2.75) is 58.2 Å². The van der Waals surface area contributed by atoms with Crippen LogP contribution in [-0.4, -0.2) is 23.8 Å². The van der Waals surface area contributed by atoms with Gasteiger partial charge < -0.3 is 9.76 Å². The Morgan fingerprint density at radius 3 is 2.43 bits per heavy atom. The van der Waals surface area contributed by atoms with Gasteiger partial charge in [0.2, 0.25) is 0 Å². The Morgan fingerprint density at radius 1 is 1.36 bits per heavy atom. The highest BCUT2D eigenvalue weighted by atomic mass is 16.5. The molecule has 0 atom stereocenters. The van der Waals surface area contributed by atoms with E-state index < -0.39 is 11.2 Å². The molecule has 3 heteroatoms. The Hall–Kier alpha value is -0.275. The van der Waals surface area contributed by atoms with Crippen molar-refractivity contribution in [2.75, 3.05) is 0 Å². The Morgan fingerprint density at radius 2 is 2.00 bits per heavy atom. The van der Waals surface area contributed by atoms with Gasteiger partial charge in [-0.3, -0.25) is 0 Å². The summed E-state index contributed by atoms with van der Waals surface area (Å²) in [5.74, 6) is 0. The lowest BCUT2D eigenvalue weighted by Crippen LogP contribution is -2.48. The number of rotatable bonds is 4. The van der Waals surface area contributed by atoms with Gasteiger partial charge in [0, 0.05) is 0 Å². The molecule has 0 unspecified atom stereocenters. The molecule has 0 aliphatic heterocycles. The summed E-state index contributed by atoms with van der Waals surface area (Å²) in [6, 6.07) is 0. The highest BCUT2D eigenvalue weighted by Crippen LogP contribution is 2.26. The molecular formula is C11H20BO2. The Kier molecular flexibility index (Phi) is 3.43. The van der Waals surface area contributed by atoms with Crippen molar-refractivity contribution < 1.29 is 9.76 Å². The molecule has 14 heavy (non-hydrogen) atoms. The zero-order valence-electron chi connectivity index (χ0n) is 9.63. The summed E-state index contributed by atoms with van der Waals surface area (Å²) >= 11 is 0. The summed E-state index contributed by atoms with van der Waals surface area (Å²) in [7, 11) is 1.80. The minimum Gasteiger partial charge on any atom is -0.427 e. The molecule has 1 N–H and O–H groups in total. The maximum atomic E-state index is 9.85. The molecule has 0 fully saturated rings. The van der Waals surface area contributed by atoms with Crippen LogP contribution in [0.5, 0.6) is 0 Å². The van der Waals surface area contributed by atoms with Crippen molar-refractivity contribution >= 4 is 7.48 Å². The third-order valence-corrected chi connectivity index (χ3v) is 3.05. The van der Waals surface area contributed by atoms with Crippen molar-refractivity contribution in [3.8, 4) is 0 Å². The predicted octanol–water partition coefficient (Wildman–Crippen LogP) is 2.24. The average molecular weight is 195 g/mol. The van der Waals surface area contributed by atoms with E-state index in [0.717, 1.165) is 12.8 Å². The van der Waals surface area contributed by atoms with E-state index in [0.29, 0.717) is 0 Å². The van der Waals surface area contributed by atoms with Crippen LogP contribution >= 0.6 is 0 Å². The summed E-state index contributed by atoms with van der Waals surface area (Å²) in [5.41, 5.74) is -0.124. The van der Waals surface area contributed by atoms with Gasteiger partial charge in [-0.1, -0.05) is 11.5 Å². The lowest BCUT2D eigenvalue weighted by Gasteiger charge is -2.37. The molecule has 2 nitrogen and oxygen atoms in total. The molecule has 0 amide bonds. The van der Waals surface area contributed by atoms with Gasteiger partial charge in [0.15, 0.2) is 0 Å². The van der Waals surface area contributed by atoms with E-state index in [1.807, 2.05) is 13.8 Å². The molecule has 0 saturated carbocycles. The van der Waals surface area contributed by atoms with Crippen molar-refractivity contribution in [1.29, 1.82) is 0 Å². The number of hydrogen-bond acceptors (Lipinski definition) is 2. The van der Waals surface area contributed by atoms with E-state index >= 15 is 0 Å². The van der Waals surface area contributed by atoms with E-state index in [2.05, 4.69) is 6.08 Å². The van der Waals surface area contributed by atoms with Crippen molar-refractivity contribution in [3.63, 3.8) is 0 Å². The standard InChI is InChI=1S/C11H20BO2/c1-10(2,13)11(3,4)14-12-9-7-5-6-8-9/h7,13H,5-6,8H2,1-4H3. The molecule has 1 rings (SSSR count). The van der Waals surface area contributed by atoms with Crippen LogP contribution in [0.3, 0.4) is 0 Å². The SMILES string of the molecule is CC(C)(O)C(C)(C)O[B]C1=CCCC1. The molecule has 0 spiro atoms. The van der Waals surface area contributed by atoms with Crippen LogP contribution in [-0.2, 0) is 4.65 Å². The average Bonchev–Trinajstić information content (AvgIpc) is 2.50. The predicted molar refractivity (Wildman–Crippen MR) is 59.1 cm³/mol. The summed E-state index contributed by atoms with van der Waals surface area (Å²) < 4.78 is 5.63. The number of aliphatic hydroxyl groups is 1. The minimum atomic E-state index is -0.831. The van der Waals surface area contributed by atoms with E-state index in [1.54, 1.807) is 21.3 Å². The van der Waals surface area contributed by atoms with Gasteiger partial charge in [-0.05, 0) is 47.0 Å². The van der Waals surface area contributed by atoms with Gasteiger partial charge >= 0.3 is 7.48 Å². The third kappa shape index (κ3) is 2.86. The molecule has 1 aliphatic rings. The first kappa shape index (κ1) is 11.8. The van der Waals surface area contributed by atoms with Crippen molar-refractivity contribution in [2.24, 2.45) is 0 Å². The van der Waals surface area contributed by atoms with Gasteiger partial charge in [-0.25, -0.2) is 0 Å². The fourth-order valence-corrected chi connectivity index (χ4v) is 1.17. The molecule has 0 heterocycles. The number of hydrogen-bond donors (Lipinski definition) is 1. The maximum Gasteiger partial charge on any atom is 0.326 e. The molecule has 79 valence electrons. The summed E-state index contributed by atoms with van der Waals surface area (Å²) in [6.45, 7) is 7.34. The van der Waals surface area contributed by atoms with Gasteiger partial charge in [-0.2, -0.15) is 0 Å². The highest BCUT2D eigenvalue weighted by Gasteiger charge is 2.35. The minimum absolute atomic E-state index is 0.545. The Labute approximate surface area is 87.6 Å². The van der Waals surface area contributed by atoms with Crippen LogP contribution in [0.25, 0.3) is 0 Å². The first-order valence-electron chi connectivity index (χ1n) is 5.25. The fourth-order valence-electron chi connectivity index (χ4n) is 1.17. The largest absolute Gasteiger partial charge is 0.427 e. The topological polar surface area (TPSA) is 29.5 Å². The molecule has 0 aromatic heterocycles. The molecule has 0 saturated heterocycles. The van der Waals surface area contributed by atoms with Crippen LogP contribution in [0.1, 0.15) is 47.0 Å². The molecule has 1 aliphatic carbocycles. The molecule has 0 bridgehead atoms. The van der Waals surface area contributed by atoms with E-state index in [1.165, 1.54) is 11.9 Å². The summed E-state index contributed by atoms with van der Waals surface area (Å²) in [5, 5.41) is 9.85. The first-order valence-corrected chi connectivity index (χ1v) is 5.25. The van der Waals surface area contributed by atoms with Crippen LogP contribution in [0, 0.1) is 0 Å². The molecule has 0 aromatic carbocycles. The van der Waals surface area contributed by atoms with Gasteiger partial charge in [0.05, 0.1) is 11.2 Å². The van der Waals surface area contributed by atoms with E-state index in [-0.39, 0.29) is 0 Å². The zero-order chi connectivity index (χ0) is 10.8. The van der Waals surface area contributed by atoms with Crippen LogP contribution in [0.2, 0.25) is 0 Å². The highest BCUT2D eigenvalue weighted by molar-refractivity contribution is 6.38. The number of allylic oxidation sites excluding steroid dienone is 2. The van der Waals surface area contributed by atoms with Gasteiger partial charge in [-0.15, -0.1) is 0 Å². The second-order valence-corrected chi connectivity index (χ2v) is 4.98. The lowest BCUT2D eigenvalue weighted by molar-refractivity contribution is -0.0897. The quantitative estimate of drug-likeness (QED) is 0.697. The smallest absolute Gasteiger partial charge is 0.326 e. The van der Waals surface area contributed by atoms with Crippen LogP contribution < -0.4 is 0 Å². The fraction of sp³-hybridized carbons (Fsp3) is 0.818. The van der Waals surface area contributed by atoms with Crippen LogP contribution in [0.15, 0.2) is 11.5 Å². The van der Waals surface area contributed by atoms with Crippen LogP contribution in [0.4, 0.5) is 0 Å². The second kappa shape index (κ2) is 4.07. The van der Waals surface area contributed by atoms with Gasteiger partial charge in [0.1, 0.15) is 0 Å². The normalized spacial score (nSPS) is 18.2. The van der Waals surface area contributed by atoms with E-state index in [9.17, 15) is 5.11 Å². The Balaban J connectivity index is 2.43. The maximum absolute atomic E-state index is 9.85. The second-order valence-electron chi connectivity index (χ2n) is 4.98. The van der Waals surface area contributed by atoms with E-state index in [4.69, 9.17) is 4.65 Å². The first-order chi connectivity index (χ1) is 6.33. The zero-order valence-corrected chi connectivity index (χ0v) is 9.63. The molecular weight excluding hydrogens is 175 g/mol. The Bertz CT molecular complexity index is 226. The summed E-state index contributed by atoms with van der Waals surface area (Å²) in [4.78, 5) is 0. The summed E-state index contributed by atoms with van der Waals surface area (Å²) in [6.07, 6.45) is 5.67. The molecule has 0 aromatic rings.